The van der Waals surface area contributed by atoms with Crippen LogP contribution in [-0.4, -0.2) is 36.0 Å². The highest BCUT2D eigenvalue weighted by Gasteiger charge is 2.20. The number of carboxylic acid groups (broad SMARTS) is 1. The fourth-order valence-electron chi connectivity index (χ4n) is 1.36. The summed E-state index contributed by atoms with van der Waals surface area (Å²) in [4.78, 5) is 33.2. The molecule has 0 saturated heterocycles. The van der Waals surface area contributed by atoms with Crippen LogP contribution in [0.5, 0.6) is 0 Å². The van der Waals surface area contributed by atoms with E-state index in [-0.39, 0.29) is 24.7 Å². The first-order valence-corrected chi connectivity index (χ1v) is 5.59. The molecule has 6 nitrogen and oxygen atoms in total. The maximum absolute atomic E-state index is 11.5. The van der Waals surface area contributed by atoms with Crippen LogP contribution in [0.25, 0.3) is 0 Å². The second-order valence-corrected chi connectivity index (χ2v) is 4.26. The molecule has 1 atom stereocenters. The zero-order valence-corrected chi connectivity index (χ0v) is 10.4. The van der Waals surface area contributed by atoms with Crippen molar-refractivity contribution in [2.45, 2.75) is 39.2 Å². The molecule has 1 unspecified atom stereocenters. The molecule has 2 amide bonds. The Bertz CT molecular complexity index is 289. The Morgan fingerprint density at radius 1 is 1.18 bits per heavy atom. The molecule has 0 spiro atoms. The lowest BCUT2D eigenvalue weighted by Gasteiger charge is -2.18. The third-order valence-corrected chi connectivity index (χ3v) is 2.17. The monoisotopic (exact) mass is 244 g/mol. The highest BCUT2D eigenvalue weighted by atomic mass is 16.4. The molecule has 0 saturated carbocycles. The standard InChI is InChI=1S/C11H20N2O4/c1-7(2)6-8(11(17)12-3)13-9(14)4-5-10(15)16/h7-8H,4-6H2,1-3H3,(H,12,17)(H,13,14)(H,15,16). The third kappa shape index (κ3) is 7.32. The van der Waals surface area contributed by atoms with Gasteiger partial charge < -0.3 is 15.7 Å². The number of carboxylic acids is 1. The molecule has 0 aliphatic carbocycles. The summed E-state index contributed by atoms with van der Waals surface area (Å²) in [5.74, 6) is -1.44. The average molecular weight is 244 g/mol. The summed E-state index contributed by atoms with van der Waals surface area (Å²) in [7, 11) is 1.50. The SMILES string of the molecule is CNC(=O)C(CC(C)C)NC(=O)CCC(=O)O. The number of hydrogen-bond donors (Lipinski definition) is 3. The molecule has 0 bridgehead atoms. The fourth-order valence-corrected chi connectivity index (χ4v) is 1.36. The van der Waals surface area contributed by atoms with Gasteiger partial charge in [0.1, 0.15) is 6.04 Å². The molecule has 0 fully saturated rings. The lowest BCUT2D eigenvalue weighted by molar-refractivity contribution is -0.139. The highest BCUT2D eigenvalue weighted by Crippen LogP contribution is 2.05. The van der Waals surface area contributed by atoms with Crippen LogP contribution >= 0.6 is 0 Å². The van der Waals surface area contributed by atoms with Crippen LogP contribution in [0.2, 0.25) is 0 Å². The lowest BCUT2D eigenvalue weighted by atomic mass is 10.0. The summed E-state index contributed by atoms with van der Waals surface area (Å²) in [5, 5.41) is 13.4. The zero-order chi connectivity index (χ0) is 13.4. The van der Waals surface area contributed by atoms with Crippen LogP contribution in [0.4, 0.5) is 0 Å². The van der Waals surface area contributed by atoms with Crippen molar-refractivity contribution in [3.8, 4) is 0 Å². The van der Waals surface area contributed by atoms with E-state index in [0.29, 0.717) is 6.42 Å². The summed E-state index contributed by atoms with van der Waals surface area (Å²) in [6, 6.07) is -0.596. The molecule has 0 heterocycles. The van der Waals surface area contributed by atoms with Gasteiger partial charge in [0.15, 0.2) is 0 Å². The van der Waals surface area contributed by atoms with Gasteiger partial charge in [-0.2, -0.15) is 0 Å². The Labute approximate surface area is 101 Å². The van der Waals surface area contributed by atoms with E-state index in [4.69, 9.17) is 5.11 Å². The van der Waals surface area contributed by atoms with E-state index in [1.807, 2.05) is 13.8 Å². The van der Waals surface area contributed by atoms with Gasteiger partial charge in [-0.1, -0.05) is 13.8 Å². The molecule has 0 aromatic heterocycles. The normalized spacial score (nSPS) is 12.0. The number of carbonyl (C=O) groups excluding carboxylic acids is 2. The quantitative estimate of drug-likeness (QED) is 0.593. The van der Waals surface area contributed by atoms with Crippen LogP contribution in [0, 0.1) is 5.92 Å². The third-order valence-electron chi connectivity index (χ3n) is 2.17. The van der Waals surface area contributed by atoms with E-state index < -0.39 is 17.9 Å². The van der Waals surface area contributed by atoms with Gasteiger partial charge in [0.05, 0.1) is 6.42 Å². The van der Waals surface area contributed by atoms with Gasteiger partial charge in [-0.15, -0.1) is 0 Å². The molecule has 0 aliphatic rings. The van der Waals surface area contributed by atoms with Gasteiger partial charge >= 0.3 is 5.97 Å². The van der Waals surface area contributed by atoms with Crippen molar-refractivity contribution in [3.05, 3.63) is 0 Å². The molecular weight excluding hydrogens is 224 g/mol. The molecular formula is C11H20N2O4. The predicted octanol–water partition coefficient (Wildman–Crippen LogP) is 0.128. The molecule has 0 aromatic rings. The molecule has 6 heteroatoms. The fraction of sp³-hybridized carbons (Fsp3) is 0.727. The highest BCUT2D eigenvalue weighted by molar-refractivity contribution is 5.88. The molecule has 0 rings (SSSR count). The summed E-state index contributed by atoms with van der Waals surface area (Å²) in [6.45, 7) is 3.89. The predicted molar refractivity (Wildman–Crippen MR) is 62.3 cm³/mol. The van der Waals surface area contributed by atoms with Crippen molar-refractivity contribution in [1.29, 1.82) is 0 Å². The Morgan fingerprint density at radius 2 is 1.76 bits per heavy atom. The van der Waals surface area contributed by atoms with Crippen molar-refractivity contribution in [2.75, 3.05) is 7.05 Å². The van der Waals surface area contributed by atoms with Crippen molar-refractivity contribution in [2.24, 2.45) is 5.92 Å². The van der Waals surface area contributed by atoms with Gasteiger partial charge in [-0.05, 0) is 12.3 Å². The maximum atomic E-state index is 11.5. The van der Waals surface area contributed by atoms with Crippen LogP contribution in [0.3, 0.4) is 0 Å². The van der Waals surface area contributed by atoms with Gasteiger partial charge in [0.2, 0.25) is 11.8 Å². The van der Waals surface area contributed by atoms with Crippen LogP contribution in [0.1, 0.15) is 33.1 Å². The number of nitrogens with one attached hydrogen (secondary N) is 2. The van der Waals surface area contributed by atoms with Gasteiger partial charge in [0, 0.05) is 13.5 Å². The number of rotatable bonds is 7. The van der Waals surface area contributed by atoms with Crippen molar-refractivity contribution >= 4 is 17.8 Å². The van der Waals surface area contributed by atoms with Gasteiger partial charge in [-0.25, -0.2) is 0 Å². The molecule has 3 N–H and O–H groups in total. The molecule has 17 heavy (non-hydrogen) atoms. The number of hydrogen-bond acceptors (Lipinski definition) is 3. The first kappa shape index (κ1) is 15.4. The van der Waals surface area contributed by atoms with E-state index in [9.17, 15) is 14.4 Å². The van der Waals surface area contributed by atoms with Crippen molar-refractivity contribution < 1.29 is 19.5 Å². The van der Waals surface area contributed by atoms with Crippen LogP contribution < -0.4 is 10.6 Å². The smallest absolute Gasteiger partial charge is 0.303 e. The molecule has 0 aliphatic heterocycles. The van der Waals surface area contributed by atoms with Gasteiger partial charge in [0.25, 0.3) is 0 Å². The number of likely N-dealkylation sites (N-methyl/N-ethyl adjacent to an activating group) is 1. The topological polar surface area (TPSA) is 95.5 Å². The van der Waals surface area contributed by atoms with Crippen molar-refractivity contribution in [3.63, 3.8) is 0 Å². The van der Waals surface area contributed by atoms with E-state index in [1.165, 1.54) is 7.05 Å². The Morgan fingerprint density at radius 3 is 2.18 bits per heavy atom. The summed E-state index contributed by atoms with van der Waals surface area (Å²) in [6.07, 6.45) is 0.188. The Hall–Kier alpha value is -1.59. The summed E-state index contributed by atoms with van der Waals surface area (Å²) in [5.41, 5.74) is 0. The average Bonchev–Trinajstić information content (AvgIpc) is 2.23. The number of carbonyl (C=O) groups is 3. The van der Waals surface area contributed by atoms with Crippen LogP contribution in [0.15, 0.2) is 0 Å². The molecule has 0 aromatic carbocycles. The first-order valence-electron chi connectivity index (χ1n) is 5.59. The Kier molecular flexibility index (Phi) is 6.93. The summed E-state index contributed by atoms with van der Waals surface area (Å²) >= 11 is 0. The number of amides is 2. The van der Waals surface area contributed by atoms with E-state index in [2.05, 4.69) is 10.6 Å². The minimum absolute atomic E-state index is 0.110. The lowest BCUT2D eigenvalue weighted by Crippen LogP contribution is -2.46. The first-order chi connectivity index (χ1) is 7.86. The van der Waals surface area contributed by atoms with Gasteiger partial charge in [-0.3, -0.25) is 14.4 Å². The van der Waals surface area contributed by atoms with E-state index in [0.717, 1.165) is 0 Å². The van der Waals surface area contributed by atoms with E-state index >= 15 is 0 Å². The summed E-state index contributed by atoms with van der Waals surface area (Å²) < 4.78 is 0. The van der Waals surface area contributed by atoms with E-state index in [1.54, 1.807) is 0 Å². The zero-order valence-electron chi connectivity index (χ0n) is 10.4. The molecule has 98 valence electrons. The van der Waals surface area contributed by atoms with Crippen LogP contribution in [-0.2, 0) is 14.4 Å². The minimum atomic E-state index is -1.03. The largest absolute Gasteiger partial charge is 0.481 e. The Balaban J connectivity index is 4.27. The number of aliphatic carboxylic acids is 1. The second-order valence-electron chi connectivity index (χ2n) is 4.26. The minimum Gasteiger partial charge on any atom is -0.481 e. The van der Waals surface area contributed by atoms with Crippen molar-refractivity contribution in [1.82, 2.24) is 10.6 Å². The molecule has 0 radical (unpaired) electrons. The maximum Gasteiger partial charge on any atom is 0.303 e. The second kappa shape index (κ2) is 7.65.